The standard InChI is InChI=1S/C13H26N2O/c1-4-7-11(8-5-2)13(16)15(6-3)12-9-14-10-12/h11-12,14H,4-10H2,1-3H3. The lowest BCUT2D eigenvalue weighted by Crippen LogP contribution is -2.59. The molecule has 1 aliphatic heterocycles. The quantitative estimate of drug-likeness (QED) is 0.720. The predicted octanol–water partition coefficient (Wildman–Crippen LogP) is 2.02. The van der Waals surface area contributed by atoms with Crippen molar-refractivity contribution in [3.8, 4) is 0 Å². The smallest absolute Gasteiger partial charge is 0.226 e. The third-order valence-electron chi connectivity index (χ3n) is 3.45. The molecule has 3 nitrogen and oxygen atoms in total. The van der Waals surface area contributed by atoms with Gasteiger partial charge in [-0.3, -0.25) is 4.79 Å². The Balaban J connectivity index is 2.54. The minimum Gasteiger partial charge on any atom is -0.337 e. The van der Waals surface area contributed by atoms with Crippen LogP contribution in [0.2, 0.25) is 0 Å². The van der Waals surface area contributed by atoms with Crippen molar-refractivity contribution in [2.75, 3.05) is 19.6 Å². The van der Waals surface area contributed by atoms with Gasteiger partial charge in [-0.25, -0.2) is 0 Å². The van der Waals surface area contributed by atoms with E-state index < -0.39 is 0 Å². The van der Waals surface area contributed by atoms with Crippen LogP contribution in [0.4, 0.5) is 0 Å². The van der Waals surface area contributed by atoms with Gasteiger partial charge in [0.25, 0.3) is 0 Å². The second-order valence-electron chi connectivity index (χ2n) is 4.71. The van der Waals surface area contributed by atoms with Gasteiger partial charge in [0.2, 0.25) is 5.91 Å². The van der Waals surface area contributed by atoms with Crippen molar-refractivity contribution in [2.45, 2.75) is 52.5 Å². The number of nitrogens with zero attached hydrogens (tertiary/aromatic N) is 1. The molecular weight excluding hydrogens is 200 g/mol. The highest BCUT2D eigenvalue weighted by atomic mass is 16.2. The van der Waals surface area contributed by atoms with Crippen LogP contribution in [0.3, 0.4) is 0 Å². The lowest BCUT2D eigenvalue weighted by Gasteiger charge is -2.39. The molecule has 0 aromatic heterocycles. The zero-order chi connectivity index (χ0) is 12.0. The third-order valence-corrected chi connectivity index (χ3v) is 3.45. The Morgan fingerprint density at radius 3 is 2.12 bits per heavy atom. The van der Waals surface area contributed by atoms with Crippen LogP contribution in [0, 0.1) is 5.92 Å². The molecule has 1 fully saturated rings. The number of carbonyl (C=O) groups excluding carboxylic acids is 1. The summed E-state index contributed by atoms with van der Waals surface area (Å²) >= 11 is 0. The van der Waals surface area contributed by atoms with Gasteiger partial charge in [-0.15, -0.1) is 0 Å². The molecule has 0 atom stereocenters. The maximum atomic E-state index is 12.4. The van der Waals surface area contributed by atoms with Gasteiger partial charge in [-0.1, -0.05) is 26.7 Å². The Morgan fingerprint density at radius 1 is 1.25 bits per heavy atom. The van der Waals surface area contributed by atoms with Crippen LogP contribution < -0.4 is 5.32 Å². The highest BCUT2D eigenvalue weighted by Crippen LogP contribution is 2.19. The topological polar surface area (TPSA) is 32.3 Å². The average Bonchev–Trinajstić information content (AvgIpc) is 2.22. The molecule has 1 aliphatic rings. The SMILES string of the molecule is CCCC(CCC)C(=O)N(CC)C1CNC1. The summed E-state index contributed by atoms with van der Waals surface area (Å²) in [6.45, 7) is 9.23. The molecule has 0 aromatic rings. The van der Waals surface area contributed by atoms with E-state index in [-0.39, 0.29) is 5.92 Å². The first kappa shape index (κ1) is 13.5. The third kappa shape index (κ3) is 3.21. The highest BCUT2D eigenvalue weighted by Gasteiger charge is 2.30. The van der Waals surface area contributed by atoms with Gasteiger partial charge in [-0.05, 0) is 19.8 Å². The van der Waals surface area contributed by atoms with Crippen LogP contribution in [-0.2, 0) is 4.79 Å². The largest absolute Gasteiger partial charge is 0.337 e. The van der Waals surface area contributed by atoms with E-state index in [2.05, 4.69) is 31.0 Å². The summed E-state index contributed by atoms with van der Waals surface area (Å²) in [5, 5.41) is 3.24. The van der Waals surface area contributed by atoms with Crippen molar-refractivity contribution < 1.29 is 4.79 Å². The van der Waals surface area contributed by atoms with E-state index >= 15 is 0 Å². The van der Waals surface area contributed by atoms with Crippen molar-refractivity contribution >= 4 is 5.91 Å². The number of amides is 1. The number of carbonyl (C=O) groups is 1. The molecule has 0 aliphatic carbocycles. The first-order chi connectivity index (χ1) is 7.74. The van der Waals surface area contributed by atoms with E-state index in [1.807, 2.05) is 0 Å². The molecular formula is C13H26N2O. The number of hydrogen-bond acceptors (Lipinski definition) is 2. The molecule has 1 amide bonds. The van der Waals surface area contributed by atoms with Crippen molar-refractivity contribution in [1.29, 1.82) is 0 Å². The summed E-state index contributed by atoms with van der Waals surface area (Å²) in [5.41, 5.74) is 0. The molecule has 0 unspecified atom stereocenters. The minimum absolute atomic E-state index is 0.260. The van der Waals surface area contributed by atoms with Crippen LogP contribution in [0.25, 0.3) is 0 Å². The zero-order valence-corrected chi connectivity index (χ0v) is 11.0. The van der Waals surface area contributed by atoms with E-state index in [9.17, 15) is 4.79 Å². The Morgan fingerprint density at radius 2 is 1.81 bits per heavy atom. The van der Waals surface area contributed by atoms with Gasteiger partial charge >= 0.3 is 0 Å². The number of likely N-dealkylation sites (N-methyl/N-ethyl adjacent to an activating group) is 1. The Kier molecular flexibility index (Phi) is 5.81. The molecule has 0 saturated carbocycles. The molecule has 0 radical (unpaired) electrons. The fourth-order valence-electron chi connectivity index (χ4n) is 2.41. The lowest BCUT2D eigenvalue weighted by atomic mass is 9.95. The van der Waals surface area contributed by atoms with Crippen molar-refractivity contribution in [2.24, 2.45) is 5.92 Å². The second-order valence-corrected chi connectivity index (χ2v) is 4.71. The molecule has 1 saturated heterocycles. The van der Waals surface area contributed by atoms with Crippen LogP contribution in [-0.4, -0.2) is 36.5 Å². The fraction of sp³-hybridized carbons (Fsp3) is 0.923. The average molecular weight is 226 g/mol. The second kappa shape index (κ2) is 6.89. The van der Waals surface area contributed by atoms with E-state index in [0.29, 0.717) is 11.9 Å². The molecule has 3 heteroatoms. The summed E-state index contributed by atoms with van der Waals surface area (Å²) in [5.74, 6) is 0.647. The number of hydrogen-bond donors (Lipinski definition) is 1. The molecule has 1 heterocycles. The number of rotatable bonds is 7. The van der Waals surface area contributed by atoms with Crippen LogP contribution >= 0.6 is 0 Å². The summed E-state index contributed by atoms with van der Waals surface area (Å²) in [7, 11) is 0. The monoisotopic (exact) mass is 226 g/mol. The Labute approximate surface area is 99.6 Å². The van der Waals surface area contributed by atoms with Crippen LogP contribution in [0.1, 0.15) is 46.5 Å². The van der Waals surface area contributed by atoms with E-state index in [0.717, 1.165) is 45.3 Å². The van der Waals surface area contributed by atoms with Crippen molar-refractivity contribution in [1.82, 2.24) is 10.2 Å². The fourth-order valence-corrected chi connectivity index (χ4v) is 2.41. The first-order valence-corrected chi connectivity index (χ1v) is 6.75. The molecule has 0 aromatic carbocycles. The molecule has 16 heavy (non-hydrogen) atoms. The molecule has 94 valence electrons. The summed E-state index contributed by atoms with van der Waals surface area (Å²) in [6, 6.07) is 0.453. The van der Waals surface area contributed by atoms with E-state index in [1.54, 1.807) is 0 Å². The minimum atomic E-state index is 0.260. The van der Waals surface area contributed by atoms with E-state index in [4.69, 9.17) is 0 Å². The van der Waals surface area contributed by atoms with Gasteiger partial charge in [0.05, 0.1) is 6.04 Å². The van der Waals surface area contributed by atoms with Crippen LogP contribution in [0.5, 0.6) is 0 Å². The normalized spacial score (nSPS) is 16.2. The molecule has 0 spiro atoms. The van der Waals surface area contributed by atoms with Gasteiger partial charge < -0.3 is 10.2 Å². The van der Waals surface area contributed by atoms with Gasteiger partial charge in [0, 0.05) is 25.6 Å². The molecule has 1 rings (SSSR count). The first-order valence-electron chi connectivity index (χ1n) is 6.75. The van der Waals surface area contributed by atoms with Crippen molar-refractivity contribution in [3.63, 3.8) is 0 Å². The maximum absolute atomic E-state index is 12.4. The summed E-state index contributed by atoms with van der Waals surface area (Å²) in [6.07, 6.45) is 4.31. The summed E-state index contributed by atoms with van der Waals surface area (Å²) < 4.78 is 0. The maximum Gasteiger partial charge on any atom is 0.226 e. The molecule has 1 N–H and O–H groups in total. The molecule has 0 bridgehead atoms. The van der Waals surface area contributed by atoms with Gasteiger partial charge in [-0.2, -0.15) is 0 Å². The van der Waals surface area contributed by atoms with Crippen molar-refractivity contribution in [3.05, 3.63) is 0 Å². The summed E-state index contributed by atoms with van der Waals surface area (Å²) in [4.78, 5) is 14.5. The van der Waals surface area contributed by atoms with Gasteiger partial charge in [0.1, 0.15) is 0 Å². The lowest BCUT2D eigenvalue weighted by molar-refractivity contribution is -0.139. The Bertz CT molecular complexity index is 208. The number of nitrogens with one attached hydrogen (secondary N) is 1. The van der Waals surface area contributed by atoms with Crippen LogP contribution in [0.15, 0.2) is 0 Å². The zero-order valence-electron chi connectivity index (χ0n) is 11.0. The van der Waals surface area contributed by atoms with E-state index in [1.165, 1.54) is 0 Å². The predicted molar refractivity (Wildman–Crippen MR) is 67.4 cm³/mol. The Hall–Kier alpha value is -0.570. The highest BCUT2D eigenvalue weighted by molar-refractivity contribution is 5.79. The van der Waals surface area contributed by atoms with Gasteiger partial charge in [0.15, 0.2) is 0 Å².